The fourth-order valence-electron chi connectivity index (χ4n) is 2.12. The Bertz CT molecular complexity index is 917. The quantitative estimate of drug-likeness (QED) is 0.716. The largest absolute Gasteiger partial charge is 0.339 e. The van der Waals surface area contributed by atoms with Gasteiger partial charge in [-0.2, -0.15) is 10.2 Å². The summed E-state index contributed by atoms with van der Waals surface area (Å²) in [6, 6.07) is 16.8. The zero-order chi connectivity index (χ0) is 16.9. The minimum atomic E-state index is 0.439. The summed E-state index contributed by atoms with van der Waals surface area (Å²) >= 11 is 6.13. The summed E-state index contributed by atoms with van der Waals surface area (Å²) in [5.74, 6) is 1.03. The molecule has 2 N–H and O–H groups in total. The molecule has 1 heterocycles. The van der Waals surface area contributed by atoms with Gasteiger partial charge in [0.2, 0.25) is 5.95 Å². The van der Waals surface area contributed by atoms with E-state index in [4.69, 9.17) is 16.9 Å². The summed E-state index contributed by atoms with van der Waals surface area (Å²) < 4.78 is 0. The Morgan fingerprint density at radius 1 is 1.08 bits per heavy atom. The van der Waals surface area contributed by atoms with Crippen molar-refractivity contribution in [3.63, 3.8) is 0 Å². The van der Waals surface area contributed by atoms with E-state index in [1.807, 2.05) is 43.3 Å². The zero-order valence-corrected chi connectivity index (χ0v) is 13.7. The van der Waals surface area contributed by atoms with Crippen molar-refractivity contribution in [2.45, 2.75) is 6.92 Å². The highest BCUT2D eigenvalue weighted by Crippen LogP contribution is 2.23. The average molecular weight is 336 g/mol. The van der Waals surface area contributed by atoms with Crippen LogP contribution < -0.4 is 10.6 Å². The Hall–Kier alpha value is -3.10. The van der Waals surface area contributed by atoms with Gasteiger partial charge in [0.05, 0.1) is 11.3 Å². The molecule has 0 aliphatic rings. The van der Waals surface area contributed by atoms with Crippen molar-refractivity contribution in [2.24, 2.45) is 0 Å². The van der Waals surface area contributed by atoms with E-state index < -0.39 is 0 Å². The molecule has 0 atom stereocenters. The summed E-state index contributed by atoms with van der Waals surface area (Å²) in [7, 11) is 0. The highest BCUT2D eigenvalue weighted by atomic mass is 35.5. The monoisotopic (exact) mass is 335 g/mol. The van der Waals surface area contributed by atoms with Gasteiger partial charge in [-0.1, -0.05) is 29.8 Å². The van der Waals surface area contributed by atoms with Gasteiger partial charge in [-0.05, 0) is 42.8 Å². The lowest BCUT2D eigenvalue weighted by Gasteiger charge is -2.10. The number of nitriles is 1. The molecule has 0 fully saturated rings. The predicted molar refractivity (Wildman–Crippen MR) is 95.9 cm³/mol. The first-order chi connectivity index (χ1) is 11.7. The van der Waals surface area contributed by atoms with Gasteiger partial charge in [-0.15, -0.1) is 0 Å². The molecule has 1 aromatic heterocycles. The van der Waals surface area contributed by atoms with Crippen molar-refractivity contribution in [1.82, 2.24) is 9.97 Å². The molecule has 118 valence electrons. The molecular weight excluding hydrogens is 322 g/mol. The van der Waals surface area contributed by atoms with Crippen LogP contribution in [0.3, 0.4) is 0 Å². The number of hydrogen-bond acceptors (Lipinski definition) is 5. The van der Waals surface area contributed by atoms with Crippen LogP contribution in [-0.2, 0) is 0 Å². The van der Waals surface area contributed by atoms with Gasteiger partial charge in [0, 0.05) is 16.9 Å². The molecular formula is C18H14ClN5. The first kappa shape index (κ1) is 15.8. The number of aromatic nitrogens is 2. The van der Waals surface area contributed by atoms with E-state index in [-0.39, 0.29) is 0 Å². The molecule has 0 aliphatic carbocycles. The topological polar surface area (TPSA) is 73.6 Å². The Morgan fingerprint density at radius 3 is 2.71 bits per heavy atom. The van der Waals surface area contributed by atoms with Crippen LogP contribution in [0.1, 0.15) is 11.1 Å². The van der Waals surface area contributed by atoms with Crippen molar-refractivity contribution in [2.75, 3.05) is 10.6 Å². The number of benzene rings is 2. The molecule has 0 aliphatic heterocycles. The number of anilines is 4. The number of rotatable bonds is 4. The first-order valence-electron chi connectivity index (χ1n) is 7.28. The number of halogens is 1. The third-order valence-corrected chi connectivity index (χ3v) is 3.80. The predicted octanol–water partition coefficient (Wildman–Crippen LogP) is 4.80. The maximum Gasteiger partial charge on any atom is 0.229 e. The maximum atomic E-state index is 9.15. The Balaban J connectivity index is 1.81. The fraction of sp³-hybridized carbons (Fsp3) is 0.0556. The van der Waals surface area contributed by atoms with Gasteiger partial charge in [-0.25, -0.2) is 4.98 Å². The first-order valence-corrected chi connectivity index (χ1v) is 7.66. The van der Waals surface area contributed by atoms with Crippen LogP contribution in [0.25, 0.3) is 0 Å². The molecule has 24 heavy (non-hydrogen) atoms. The minimum absolute atomic E-state index is 0.439. The van der Waals surface area contributed by atoms with E-state index in [1.54, 1.807) is 18.3 Å². The second-order valence-electron chi connectivity index (χ2n) is 5.14. The van der Waals surface area contributed by atoms with Crippen LogP contribution in [0.15, 0.2) is 54.7 Å². The van der Waals surface area contributed by atoms with Crippen LogP contribution in [0.4, 0.5) is 23.1 Å². The Labute approximate surface area is 145 Å². The normalized spacial score (nSPS) is 10.0. The second-order valence-corrected chi connectivity index (χ2v) is 5.54. The molecule has 0 unspecified atom stereocenters. The number of nitrogens with one attached hydrogen (secondary N) is 2. The number of hydrogen-bond donors (Lipinski definition) is 2. The fourth-order valence-corrected chi connectivity index (χ4v) is 2.30. The summed E-state index contributed by atoms with van der Waals surface area (Å²) in [6.07, 6.45) is 1.64. The molecule has 0 saturated heterocycles. The van der Waals surface area contributed by atoms with Gasteiger partial charge in [0.25, 0.3) is 0 Å². The molecule has 3 rings (SSSR count). The summed E-state index contributed by atoms with van der Waals surface area (Å²) in [5.41, 5.74) is 3.06. The molecule has 2 aromatic carbocycles. The van der Waals surface area contributed by atoms with Crippen LogP contribution >= 0.6 is 11.6 Å². The standard InChI is InChI=1S/C18H14ClN5/c1-12-6-7-14(10-15(12)19)22-18-21-9-8-17(24-18)23-16-5-3-2-4-13(16)11-20/h2-10H,1H3,(H2,21,22,23,24). The third kappa shape index (κ3) is 3.62. The molecule has 5 nitrogen and oxygen atoms in total. The minimum Gasteiger partial charge on any atom is -0.339 e. The summed E-state index contributed by atoms with van der Waals surface area (Å²) in [4.78, 5) is 8.61. The van der Waals surface area contributed by atoms with E-state index in [0.717, 1.165) is 11.3 Å². The van der Waals surface area contributed by atoms with E-state index in [2.05, 4.69) is 26.7 Å². The van der Waals surface area contributed by atoms with Crippen molar-refractivity contribution >= 4 is 34.7 Å². The molecule has 0 bridgehead atoms. The summed E-state index contributed by atoms with van der Waals surface area (Å²) in [6.45, 7) is 1.94. The number of nitrogens with zero attached hydrogens (tertiary/aromatic N) is 3. The lowest BCUT2D eigenvalue weighted by molar-refractivity contribution is 1.16. The third-order valence-electron chi connectivity index (χ3n) is 3.39. The van der Waals surface area contributed by atoms with Gasteiger partial charge in [0.15, 0.2) is 0 Å². The van der Waals surface area contributed by atoms with E-state index in [9.17, 15) is 0 Å². The Kier molecular flexibility index (Phi) is 4.59. The van der Waals surface area contributed by atoms with Crippen molar-refractivity contribution in [3.8, 4) is 6.07 Å². The van der Waals surface area contributed by atoms with Gasteiger partial charge in [-0.3, -0.25) is 0 Å². The molecule has 0 amide bonds. The molecule has 0 radical (unpaired) electrons. The van der Waals surface area contributed by atoms with E-state index in [1.165, 1.54) is 0 Å². The highest BCUT2D eigenvalue weighted by molar-refractivity contribution is 6.31. The van der Waals surface area contributed by atoms with Crippen LogP contribution in [0.5, 0.6) is 0 Å². The van der Waals surface area contributed by atoms with Gasteiger partial charge < -0.3 is 10.6 Å². The zero-order valence-electron chi connectivity index (χ0n) is 12.9. The lowest BCUT2D eigenvalue weighted by atomic mass is 10.2. The van der Waals surface area contributed by atoms with Gasteiger partial charge in [0.1, 0.15) is 11.9 Å². The maximum absolute atomic E-state index is 9.15. The highest BCUT2D eigenvalue weighted by Gasteiger charge is 2.05. The summed E-state index contributed by atoms with van der Waals surface area (Å²) in [5, 5.41) is 16.1. The smallest absolute Gasteiger partial charge is 0.229 e. The van der Waals surface area contributed by atoms with Crippen LogP contribution in [0, 0.1) is 18.3 Å². The molecule has 0 spiro atoms. The van der Waals surface area contributed by atoms with Crippen LogP contribution in [-0.4, -0.2) is 9.97 Å². The van der Waals surface area contributed by atoms with E-state index in [0.29, 0.717) is 28.0 Å². The van der Waals surface area contributed by atoms with Crippen LogP contribution in [0.2, 0.25) is 5.02 Å². The average Bonchev–Trinajstić information content (AvgIpc) is 2.59. The Morgan fingerprint density at radius 2 is 1.92 bits per heavy atom. The number of aryl methyl sites for hydroxylation is 1. The van der Waals surface area contributed by atoms with Crippen molar-refractivity contribution in [3.05, 3.63) is 70.9 Å². The SMILES string of the molecule is Cc1ccc(Nc2nccc(Nc3ccccc3C#N)n2)cc1Cl. The number of para-hydroxylation sites is 1. The van der Waals surface area contributed by atoms with E-state index >= 15 is 0 Å². The molecule has 6 heteroatoms. The second kappa shape index (κ2) is 6.99. The molecule has 3 aromatic rings. The van der Waals surface area contributed by atoms with Crippen molar-refractivity contribution in [1.29, 1.82) is 5.26 Å². The lowest BCUT2D eigenvalue weighted by Crippen LogP contribution is -2.01. The molecule has 0 saturated carbocycles. The van der Waals surface area contributed by atoms with Gasteiger partial charge >= 0.3 is 0 Å². The van der Waals surface area contributed by atoms with Crippen molar-refractivity contribution < 1.29 is 0 Å².